The number of methoxy groups -OCH3 is 2. The minimum absolute atomic E-state index is 0.0423. The summed E-state index contributed by atoms with van der Waals surface area (Å²) in [4.78, 5) is 17.8. The molecule has 0 aliphatic carbocycles. The van der Waals surface area contributed by atoms with Gasteiger partial charge in [0.2, 0.25) is 0 Å². The molecular weight excluding hydrogens is 376 g/mol. The second kappa shape index (κ2) is 8.31. The van der Waals surface area contributed by atoms with Gasteiger partial charge in [0.05, 0.1) is 19.8 Å². The summed E-state index contributed by atoms with van der Waals surface area (Å²) in [5.41, 5.74) is 2.26. The van der Waals surface area contributed by atoms with Crippen molar-refractivity contribution in [3.63, 3.8) is 0 Å². The van der Waals surface area contributed by atoms with Crippen LogP contribution in [0.2, 0.25) is 0 Å². The highest BCUT2D eigenvalue weighted by atomic mass is 16.5. The fourth-order valence-corrected chi connectivity index (χ4v) is 5.17. The lowest BCUT2D eigenvalue weighted by molar-refractivity contribution is -0.124. The quantitative estimate of drug-likeness (QED) is 0.736. The van der Waals surface area contributed by atoms with Crippen molar-refractivity contribution in [2.45, 2.75) is 38.8 Å². The molecule has 0 N–H and O–H groups in total. The summed E-state index contributed by atoms with van der Waals surface area (Å²) in [6.45, 7) is 7.22. The van der Waals surface area contributed by atoms with E-state index in [1.165, 1.54) is 5.56 Å². The molecule has 0 bridgehead atoms. The highest BCUT2D eigenvalue weighted by Gasteiger charge is 2.54. The molecule has 30 heavy (non-hydrogen) atoms. The number of likely N-dealkylation sites (tertiary alicyclic amines) is 2. The van der Waals surface area contributed by atoms with Gasteiger partial charge in [-0.3, -0.25) is 9.69 Å². The number of amides is 1. The molecule has 1 spiro atoms. The number of nitrogens with zero attached hydrogens (tertiary/aromatic N) is 2. The van der Waals surface area contributed by atoms with Gasteiger partial charge < -0.3 is 14.4 Å². The molecule has 4 rings (SSSR count). The van der Waals surface area contributed by atoms with Crippen LogP contribution < -0.4 is 9.47 Å². The average Bonchev–Trinajstić information content (AvgIpc) is 2.77. The summed E-state index contributed by atoms with van der Waals surface area (Å²) in [6.07, 6.45) is 2.06. The van der Waals surface area contributed by atoms with Gasteiger partial charge in [-0.05, 0) is 44.4 Å². The number of hydrogen-bond acceptors (Lipinski definition) is 4. The topological polar surface area (TPSA) is 42.0 Å². The minimum Gasteiger partial charge on any atom is -0.497 e. The third-order valence-corrected chi connectivity index (χ3v) is 6.87. The number of benzene rings is 2. The molecule has 2 saturated heterocycles. The molecule has 2 fully saturated rings. The molecule has 1 amide bonds. The summed E-state index contributed by atoms with van der Waals surface area (Å²) >= 11 is 0. The van der Waals surface area contributed by atoms with Crippen LogP contribution in [0.4, 0.5) is 0 Å². The molecule has 0 saturated carbocycles. The third kappa shape index (κ3) is 3.56. The number of carbonyl (C=O) groups is 1. The van der Waals surface area contributed by atoms with E-state index < -0.39 is 0 Å². The maximum atomic E-state index is 13.2. The summed E-state index contributed by atoms with van der Waals surface area (Å²) in [7, 11) is 3.21. The molecule has 5 nitrogen and oxygen atoms in total. The summed E-state index contributed by atoms with van der Waals surface area (Å²) in [5.74, 6) is 1.30. The first kappa shape index (κ1) is 20.7. The Morgan fingerprint density at radius 1 is 1.03 bits per heavy atom. The zero-order valence-corrected chi connectivity index (χ0v) is 18.4. The Labute approximate surface area is 179 Å². The number of piperidine rings is 1. The monoisotopic (exact) mass is 408 g/mol. The van der Waals surface area contributed by atoms with E-state index in [9.17, 15) is 4.79 Å². The Bertz CT molecular complexity index is 889. The van der Waals surface area contributed by atoms with Crippen LogP contribution >= 0.6 is 0 Å². The van der Waals surface area contributed by atoms with Gasteiger partial charge in [-0.15, -0.1) is 0 Å². The van der Waals surface area contributed by atoms with Crippen molar-refractivity contribution >= 4 is 5.91 Å². The predicted octanol–water partition coefficient (Wildman–Crippen LogP) is 4.39. The molecule has 5 heteroatoms. The molecule has 0 aromatic heterocycles. The molecule has 2 aliphatic rings. The van der Waals surface area contributed by atoms with Crippen LogP contribution in [0, 0.1) is 5.41 Å². The van der Waals surface area contributed by atoms with Crippen molar-refractivity contribution in [2.24, 2.45) is 5.41 Å². The van der Waals surface area contributed by atoms with Gasteiger partial charge in [0.25, 0.3) is 5.91 Å². The Balaban J connectivity index is 1.50. The van der Waals surface area contributed by atoms with Crippen molar-refractivity contribution in [1.82, 2.24) is 9.80 Å². The second-order valence-corrected chi connectivity index (χ2v) is 8.80. The maximum absolute atomic E-state index is 13.2. The Morgan fingerprint density at radius 2 is 1.73 bits per heavy atom. The Kier molecular flexibility index (Phi) is 5.74. The lowest BCUT2D eigenvalue weighted by atomic mass is 9.62. The second-order valence-electron chi connectivity index (χ2n) is 8.80. The van der Waals surface area contributed by atoms with E-state index in [4.69, 9.17) is 9.47 Å². The summed E-state index contributed by atoms with van der Waals surface area (Å²) in [6, 6.07) is 17.2. The van der Waals surface area contributed by atoms with Gasteiger partial charge >= 0.3 is 0 Å². The summed E-state index contributed by atoms with van der Waals surface area (Å²) in [5, 5.41) is 0. The van der Waals surface area contributed by atoms with Crippen molar-refractivity contribution < 1.29 is 14.3 Å². The predicted molar refractivity (Wildman–Crippen MR) is 118 cm³/mol. The first-order valence-electron chi connectivity index (χ1n) is 10.8. The molecule has 2 aliphatic heterocycles. The lowest BCUT2D eigenvalue weighted by Gasteiger charge is -2.62. The largest absolute Gasteiger partial charge is 0.497 e. The fourth-order valence-electron chi connectivity index (χ4n) is 5.17. The standard InChI is InChI=1S/C25H32N2O3/c1-18(2)27-17-25(23(27)19-8-6-5-7-9-19)12-14-26(15-13-25)24(28)21-11-10-20(29-3)16-22(21)30-4/h5-11,16,18,23H,12-15,17H2,1-4H3. The van der Waals surface area contributed by atoms with Crippen molar-refractivity contribution in [2.75, 3.05) is 33.9 Å². The molecule has 0 radical (unpaired) electrons. The molecular formula is C25H32N2O3. The SMILES string of the molecule is COc1ccc(C(=O)N2CCC3(CC2)CN(C(C)C)C3c2ccccc2)c(OC)c1. The third-order valence-electron chi connectivity index (χ3n) is 6.87. The molecule has 2 aromatic carbocycles. The van der Waals surface area contributed by atoms with E-state index in [1.807, 2.05) is 11.0 Å². The van der Waals surface area contributed by atoms with Gasteiger partial charge in [-0.25, -0.2) is 0 Å². The van der Waals surface area contributed by atoms with Crippen LogP contribution in [0.5, 0.6) is 11.5 Å². The first-order valence-corrected chi connectivity index (χ1v) is 10.8. The van der Waals surface area contributed by atoms with Crippen LogP contribution in [0.25, 0.3) is 0 Å². The lowest BCUT2D eigenvalue weighted by Crippen LogP contribution is -2.64. The Morgan fingerprint density at radius 3 is 2.33 bits per heavy atom. The van der Waals surface area contributed by atoms with E-state index in [2.05, 4.69) is 49.1 Å². The van der Waals surface area contributed by atoms with Crippen LogP contribution in [-0.2, 0) is 0 Å². The highest BCUT2D eigenvalue weighted by molar-refractivity contribution is 5.97. The van der Waals surface area contributed by atoms with E-state index in [0.717, 1.165) is 32.5 Å². The number of rotatable bonds is 5. The van der Waals surface area contributed by atoms with Gasteiger partial charge in [0.15, 0.2) is 0 Å². The maximum Gasteiger partial charge on any atom is 0.257 e. The molecule has 1 atom stereocenters. The van der Waals surface area contributed by atoms with Crippen LogP contribution in [-0.4, -0.2) is 55.6 Å². The first-order chi connectivity index (χ1) is 14.5. The van der Waals surface area contributed by atoms with E-state index in [-0.39, 0.29) is 11.3 Å². The van der Waals surface area contributed by atoms with E-state index >= 15 is 0 Å². The number of carbonyl (C=O) groups excluding carboxylic acids is 1. The smallest absolute Gasteiger partial charge is 0.257 e. The van der Waals surface area contributed by atoms with Crippen molar-refractivity contribution in [3.05, 3.63) is 59.7 Å². The van der Waals surface area contributed by atoms with Crippen LogP contribution in [0.15, 0.2) is 48.5 Å². The molecule has 1 unspecified atom stereocenters. The molecule has 2 aromatic rings. The van der Waals surface area contributed by atoms with Crippen LogP contribution in [0.1, 0.15) is 48.7 Å². The number of hydrogen-bond donors (Lipinski definition) is 0. The van der Waals surface area contributed by atoms with Gasteiger partial charge in [-0.2, -0.15) is 0 Å². The zero-order valence-electron chi connectivity index (χ0n) is 18.4. The van der Waals surface area contributed by atoms with E-state index in [1.54, 1.807) is 26.4 Å². The van der Waals surface area contributed by atoms with Crippen molar-refractivity contribution in [3.8, 4) is 11.5 Å². The van der Waals surface area contributed by atoms with Crippen molar-refractivity contribution in [1.29, 1.82) is 0 Å². The van der Waals surface area contributed by atoms with Gasteiger partial charge in [0, 0.05) is 43.2 Å². The molecule has 2 heterocycles. The minimum atomic E-state index is 0.0423. The molecule has 160 valence electrons. The highest BCUT2D eigenvalue weighted by Crippen LogP contribution is 2.55. The zero-order chi connectivity index (χ0) is 21.3. The fraction of sp³-hybridized carbons (Fsp3) is 0.480. The average molecular weight is 409 g/mol. The van der Waals surface area contributed by atoms with Gasteiger partial charge in [-0.1, -0.05) is 30.3 Å². The summed E-state index contributed by atoms with van der Waals surface area (Å²) < 4.78 is 10.7. The van der Waals surface area contributed by atoms with E-state index in [0.29, 0.717) is 29.1 Å². The van der Waals surface area contributed by atoms with Gasteiger partial charge in [0.1, 0.15) is 11.5 Å². The Hall–Kier alpha value is -2.53. The number of ether oxygens (including phenoxy) is 2. The normalized spacial score (nSPS) is 20.8. The van der Waals surface area contributed by atoms with Crippen LogP contribution in [0.3, 0.4) is 0 Å².